The third-order valence-electron chi connectivity index (χ3n) is 13.6. The Hall–Kier alpha value is -6.21. The van der Waals surface area contributed by atoms with Gasteiger partial charge in [0.05, 0.1) is 47.8 Å². The van der Waals surface area contributed by atoms with Crippen molar-refractivity contribution in [3.8, 4) is 0 Å². The minimum Gasteiger partial charge on any atom is -0.481 e. The quantitative estimate of drug-likeness (QED) is 0.0306. The Morgan fingerprint density at radius 1 is 0.588 bits per heavy atom. The van der Waals surface area contributed by atoms with Gasteiger partial charge in [-0.25, -0.2) is 28.8 Å². The number of carbonyl (C=O) groups is 10. The smallest absolute Gasteiger partial charge is 0.408 e. The van der Waals surface area contributed by atoms with E-state index in [1.807, 2.05) is 6.92 Å². The van der Waals surface area contributed by atoms with Crippen LogP contribution in [0.4, 0.5) is 23.6 Å². The first-order valence-electron chi connectivity index (χ1n) is 30.2. The Bertz CT molecular complexity index is 2230. The summed E-state index contributed by atoms with van der Waals surface area (Å²) in [5.74, 6) is -1.88. The molecule has 2 aliphatic carbocycles. The van der Waals surface area contributed by atoms with E-state index in [2.05, 4.69) is 26.6 Å². The number of esters is 2. The number of ether oxygens (including phenoxy) is 6. The molecule has 0 aromatic rings. The Labute approximate surface area is 504 Å². The average Bonchev–Trinajstić information content (AvgIpc) is 2.50. The highest BCUT2D eigenvalue weighted by Crippen LogP contribution is 2.36. The van der Waals surface area contributed by atoms with E-state index in [9.17, 15) is 52.3 Å². The number of amides is 7. The van der Waals surface area contributed by atoms with Crippen LogP contribution in [0.2, 0.25) is 0 Å². The molecule has 490 valence electrons. The fourth-order valence-corrected chi connectivity index (χ4v) is 9.06. The lowest BCUT2D eigenvalue weighted by Gasteiger charge is -2.30. The molecule has 6 atom stereocenters. The number of carboxylic acids is 1. The molecule has 0 aromatic carbocycles. The summed E-state index contributed by atoms with van der Waals surface area (Å²) in [4.78, 5) is 126. The van der Waals surface area contributed by atoms with Gasteiger partial charge in [0.1, 0.15) is 28.4 Å². The number of carbonyl (C=O) groups excluding carboxylic acids is 9. The standard InChI is InChI=1S/C29H50N4O8.C22H40N4O7.C7H12O2.CH3F/c1-19(17-20-12-13-20)22(34)31-21(11-9-10-15-30-25(37)40-27(2,3)4)23(35)33-16-14-29(18-33,24(36)39-8)32-26(38)41-28(5,6)7;1-20(2,3)32-18(29)24-12-9-8-10-15(23)16(27)26-13-11-22(14-26,17(28)31-7)25-19(30)33-21(4,5)6;1-5(7(8)9)4-6-2-3-6;1-2/h19-21H,9-18H2,1-8H3,(H,30,37)(H,31,34)(H,32,38);15H,8-14,23H2,1-7H3,(H,24,29)(H,25,30);5-6H,2-4H2,1H3,(H,8,9);1H3/t19-,21-,29?;15-,22?;5-;/m111./s1/i;;;1D. The molecule has 0 spiro atoms. The van der Waals surface area contributed by atoms with Gasteiger partial charge in [-0.1, -0.05) is 39.5 Å². The molecule has 7 amide bonds. The molecular weight excluding hydrogens is 1110 g/mol. The van der Waals surface area contributed by atoms with Gasteiger partial charge >= 0.3 is 42.3 Å². The van der Waals surface area contributed by atoms with Crippen molar-refractivity contribution in [1.82, 2.24) is 36.4 Å². The lowest BCUT2D eigenvalue weighted by Crippen LogP contribution is -2.58. The number of nitrogens with two attached hydrogens (primary N) is 1. The summed E-state index contributed by atoms with van der Waals surface area (Å²) in [6, 6.07) is -1.58. The molecule has 25 nitrogen and oxygen atoms in total. The molecule has 26 heteroatoms. The summed E-state index contributed by atoms with van der Waals surface area (Å²) in [6.45, 7) is 25.7. The minimum atomic E-state index is -1.46. The Kier molecular flexibility index (Phi) is 30.7. The molecule has 4 rings (SSSR count). The molecule has 0 aromatic heterocycles. The fraction of sp³-hybridized carbons (Fsp3) is 0.831. The van der Waals surface area contributed by atoms with E-state index in [1.54, 1.807) is 90.0 Å². The third-order valence-corrected chi connectivity index (χ3v) is 13.6. The topological polar surface area (TPSA) is 339 Å². The summed E-state index contributed by atoms with van der Waals surface area (Å²) in [5.41, 5.74) is 0.546. The summed E-state index contributed by atoms with van der Waals surface area (Å²) >= 11 is 0. The number of nitrogens with zero attached hydrogens (tertiary/aromatic N) is 2. The number of halogens is 1. The summed E-state index contributed by atoms with van der Waals surface area (Å²) in [5, 5.41) is 22.0. The van der Waals surface area contributed by atoms with E-state index < -0.39 is 95.0 Å². The second-order valence-electron chi connectivity index (χ2n) is 26.4. The van der Waals surface area contributed by atoms with Crippen molar-refractivity contribution in [1.29, 1.82) is 0 Å². The van der Waals surface area contributed by atoms with Crippen LogP contribution in [0.1, 0.15) is 188 Å². The van der Waals surface area contributed by atoms with Crippen LogP contribution in [0.5, 0.6) is 0 Å². The number of alkyl carbamates (subject to hydrolysis) is 4. The molecule has 2 saturated carbocycles. The van der Waals surface area contributed by atoms with E-state index in [0.717, 1.165) is 31.6 Å². The maximum atomic E-state index is 13.7. The first kappa shape index (κ1) is 74.9. The molecule has 2 aliphatic heterocycles. The fourth-order valence-electron chi connectivity index (χ4n) is 9.06. The van der Waals surface area contributed by atoms with Crippen LogP contribution in [-0.2, 0) is 57.2 Å². The number of hydrogen-bond donors (Lipinski definition) is 7. The van der Waals surface area contributed by atoms with Gasteiger partial charge in [0.15, 0.2) is 11.1 Å². The lowest BCUT2D eigenvalue weighted by molar-refractivity contribution is -0.149. The number of methoxy groups -OCH3 is 2. The highest BCUT2D eigenvalue weighted by molar-refractivity contribution is 5.92. The highest BCUT2D eigenvalue weighted by Gasteiger charge is 2.51. The summed E-state index contributed by atoms with van der Waals surface area (Å²) < 4.78 is 46.4. The number of aliphatic carboxylic acids is 1. The van der Waals surface area contributed by atoms with Gasteiger partial charge in [0, 0.05) is 44.9 Å². The van der Waals surface area contributed by atoms with Gasteiger partial charge in [-0.3, -0.25) is 23.6 Å². The molecule has 2 heterocycles. The third kappa shape index (κ3) is 31.1. The number of carboxylic acid groups (broad SMARTS) is 1. The van der Waals surface area contributed by atoms with Gasteiger partial charge in [0.2, 0.25) is 17.7 Å². The van der Waals surface area contributed by atoms with Crippen LogP contribution in [0.15, 0.2) is 0 Å². The largest absolute Gasteiger partial charge is 0.481 e. The summed E-state index contributed by atoms with van der Waals surface area (Å²) in [6.07, 6.45) is 7.33. The number of nitrogens with one attached hydrogen (secondary N) is 5. The van der Waals surface area contributed by atoms with E-state index in [0.29, 0.717) is 57.5 Å². The predicted molar refractivity (Wildman–Crippen MR) is 314 cm³/mol. The Morgan fingerprint density at radius 3 is 1.29 bits per heavy atom. The van der Waals surface area contributed by atoms with Crippen molar-refractivity contribution < 1.29 is 87.2 Å². The first-order chi connectivity index (χ1) is 39.6. The van der Waals surface area contributed by atoms with Gasteiger partial charge in [-0.05, 0) is 146 Å². The van der Waals surface area contributed by atoms with Gasteiger partial charge in [-0.15, -0.1) is 0 Å². The van der Waals surface area contributed by atoms with Crippen molar-refractivity contribution in [2.75, 3.05) is 60.6 Å². The molecule has 8 N–H and O–H groups in total. The highest BCUT2D eigenvalue weighted by atomic mass is 19.1. The van der Waals surface area contributed by atoms with Crippen LogP contribution in [0, 0.1) is 23.7 Å². The molecule has 4 aliphatic rings. The second-order valence-corrected chi connectivity index (χ2v) is 26.4. The first-order valence-corrected chi connectivity index (χ1v) is 29.5. The number of alkyl halides is 1. The zero-order valence-corrected chi connectivity index (χ0v) is 53.6. The maximum Gasteiger partial charge on any atom is 0.408 e. The Balaban J connectivity index is 0.000000730. The van der Waals surface area contributed by atoms with E-state index in [-0.39, 0.29) is 68.6 Å². The zero-order valence-electron chi connectivity index (χ0n) is 54.6. The molecule has 2 saturated heterocycles. The molecule has 0 bridgehead atoms. The lowest BCUT2D eigenvalue weighted by atomic mass is 9.99. The predicted octanol–water partition coefficient (Wildman–Crippen LogP) is 7.04. The molecule has 0 radical (unpaired) electrons. The normalized spacial score (nSPS) is 19.9. The van der Waals surface area contributed by atoms with Crippen molar-refractivity contribution in [3.05, 3.63) is 0 Å². The van der Waals surface area contributed by atoms with Crippen LogP contribution >= 0.6 is 0 Å². The van der Waals surface area contributed by atoms with Crippen molar-refractivity contribution in [3.63, 3.8) is 0 Å². The average molecular weight is 1220 g/mol. The van der Waals surface area contributed by atoms with E-state index >= 15 is 0 Å². The molecule has 85 heavy (non-hydrogen) atoms. The van der Waals surface area contributed by atoms with Crippen molar-refractivity contribution in [2.45, 2.75) is 232 Å². The van der Waals surface area contributed by atoms with Crippen molar-refractivity contribution >= 4 is 60.0 Å². The SMILES string of the molecule is COC(=O)C1(NC(=O)OC(C)(C)C)CCN(C(=O)[C@@H](CCCCNC(=O)OC(C)(C)C)NC(=O)[C@H](C)CC2CC2)C1.COC(=O)C1(NC(=O)OC(C)(C)C)CCN(C(=O)[C@H](N)CCCCNC(=O)OC(C)(C)C)C1.C[C@H](CC1CC1)C(=O)O.[2H]CF. The maximum absolute atomic E-state index is 13.7. The van der Waals surface area contributed by atoms with Gasteiger partial charge in [0.25, 0.3) is 0 Å². The zero-order chi connectivity index (χ0) is 66.0. The number of hydrogen-bond acceptors (Lipinski definition) is 17. The van der Waals surface area contributed by atoms with Crippen LogP contribution < -0.4 is 32.3 Å². The van der Waals surface area contributed by atoms with Crippen LogP contribution in [0.3, 0.4) is 0 Å². The number of rotatable bonds is 23. The van der Waals surface area contributed by atoms with E-state index in [1.165, 1.54) is 36.9 Å². The second kappa shape index (κ2) is 34.8. The van der Waals surface area contributed by atoms with Crippen LogP contribution in [-0.4, -0.2) is 181 Å². The van der Waals surface area contributed by atoms with Crippen molar-refractivity contribution in [2.24, 2.45) is 29.4 Å². The van der Waals surface area contributed by atoms with Gasteiger partial charge < -0.3 is 75.6 Å². The number of likely N-dealkylation sites (tertiary alicyclic amines) is 2. The summed E-state index contributed by atoms with van der Waals surface area (Å²) in [7, 11) is 1.45. The van der Waals surface area contributed by atoms with E-state index in [4.69, 9.17) is 40.6 Å². The number of unbranched alkanes of at least 4 members (excludes halogenated alkanes) is 2. The molecule has 4 fully saturated rings. The monoisotopic (exact) mass is 1220 g/mol. The molecule has 2 unspecified atom stereocenters. The Morgan fingerprint density at radius 2 is 0.941 bits per heavy atom. The van der Waals surface area contributed by atoms with Crippen LogP contribution in [0.25, 0.3) is 0 Å². The van der Waals surface area contributed by atoms with Gasteiger partial charge in [-0.2, -0.15) is 0 Å². The molecular formula is C59H105FN8O17. The minimum absolute atomic E-state index is 0.0500.